The fraction of sp³-hybridized carbons (Fsp3) is 0.812. The van der Waals surface area contributed by atoms with Gasteiger partial charge in [0.1, 0.15) is 0 Å². The van der Waals surface area contributed by atoms with Crippen LogP contribution in [0.3, 0.4) is 0 Å². The summed E-state index contributed by atoms with van der Waals surface area (Å²) < 4.78 is 5.51. The molecule has 0 radical (unpaired) electrons. The number of rotatable bonds is 7. The van der Waals surface area contributed by atoms with Gasteiger partial charge in [0, 0.05) is 24.7 Å². The lowest BCUT2D eigenvalue weighted by Crippen LogP contribution is -2.35. The van der Waals surface area contributed by atoms with E-state index in [1.54, 1.807) is 0 Å². The molecule has 1 N–H and O–H groups in total. The van der Waals surface area contributed by atoms with Gasteiger partial charge in [-0.3, -0.25) is 4.90 Å². The Bertz CT molecular complexity index is 408. The van der Waals surface area contributed by atoms with Crippen LogP contribution in [0.25, 0.3) is 0 Å². The standard InChI is InChI=1S/C16H27N3O/c1-2-19(15-6-4-3-5-7-15)12-16-10-14(18-20-16)11-17-13-8-9-13/h10,13,15,17H,2-9,11-12H2,1H3. The molecule has 20 heavy (non-hydrogen) atoms. The van der Waals surface area contributed by atoms with Gasteiger partial charge < -0.3 is 9.84 Å². The Hall–Kier alpha value is -0.870. The average Bonchev–Trinajstić information content (AvgIpc) is 3.22. The summed E-state index contributed by atoms with van der Waals surface area (Å²) in [6, 6.07) is 3.59. The molecule has 0 aromatic carbocycles. The number of nitrogens with zero attached hydrogens (tertiary/aromatic N) is 2. The van der Waals surface area contributed by atoms with Gasteiger partial charge in [-0.1, -0.05) is 31.3 Å². The summed E-state index contributed by atoms with van der Waals surface area (Å²) in [6.45, 7) is 5.11. The largest absolute Gasteiger partial charge is 0.360 e. The molecule has 0 unspecified atom stereocenters. The van der Waals surface area contributed by atoms with Gasteiger partial charge in [0.05, 0.1) is 12.2 Å². The molecule has 112 valence electrons. The van der Waals surface area contributed by atoms with Gasteiger partial charge in [0.25, 0.3) is 0 Å². The molecule has 2 aliphatic rings. The lowest BCUT2D eigenvalue weighted by atomic mass is 9.94. The predicted molar refractivity (Wildman–Crippen MR) is 79.3 cm³/mol. The van der Waals surface area contributed by atoms with Crippen molar-refractivity contribution in [1.29, 1.82) is 0 Å². The van der Waals surface area contributed by atoms with Crippen molar-refractivity contribution in [2.45, 2.75) is 77.0 Å². The first kappa shape index (κ1) is 14.1. The van der Waals surface area contributed by atoms with E-state index in [1.807, 2.05) is 0 Å². The zero-order valence-electron chi connectivity index (χ0n) is 12.6. The van der Waals surface area contributed by atoms with E-state index in [1.165, 1.54) is 44.9 Å². The third-order valence-corrected chi connectivity index (χ3v) is 4.61. The first-order valence-electron chi connectivity index (χ1n) is 8.27. The van der Waals surface area contributed by atoms with Gasteiger partial charge in [-0.05, 0) is 32.2 Å². The summed E-state index contributed by atoms with van der Waals surface area (Å²) in [7, 11) is 0. The third kappa shape index (κ3) is 3.83. The molecule has 1 heterocycles. The smallest absolute Gasteiger partial charge is 0.151 e. The Morgan fingerprint density at radius 1 is 1.25 bits per heavy atom. The second kappa shape index (κ2) is 6.72. The van der Waals surface area contributed by atoms with Gasteiger partial charge in [-0.25, -0.2) is 0 Å². The van der Waals surface area contributed by atoms with Crippen LogP contribution in [0.5, 0.6) is 0 Å². The number of nitrogens with one attached hydrogen (secondary N) is 1. The molecule has 2 saturated carbocycles. The first-order chi connectivity index (χ1) is 9.85. The van der Waals surface area contributed by atoms with Gasteiger partial charge in [0.15, 0.2) is 5.76 Å². The van der Waals surface area contributed by atoms with Crippen LogP contribution in [0.15, 0.2) is 10.6 Å². The second-order valence-electron chi connectivity index (χ2n) is 6.29. The maximum atomic E-state index is 5.51. The van der Waals surface area contributed by atoms with Crippen molar-refractivity contribution in [3.8, 4) is 0 Å². The lowest BCUT2D eigenvalue weighted by Gasteiger charge is -2.32. The summed E-state index contributed by atoms with van der Waals surface area (Å²) in [5, 5.41) is 7.67. The van der Waals surface area contributed by atoms with E-state index >= 15 is 0 Å². The summed E-state index contributed by atoms with van der Waals surface area (Å²) in [4.78, 5) is 2.55. The van der Waals surface area contributed by atoms with Crippen LogP contribution in [-0.4, -0.2) is 28.7 Å². The highest BCUT2D eigenvalue weighted by atomic mass is 16.5. The molecule has 4 nitrogen and oxygen atoms in total. The van der Waals surface area contributed by atoms with Gasteiger partial charge in [0.2, 0.25) is 0 Å². The Labute approximate surface area is 121 Å². The summed E-state index contributed by atoms with van der Waals surface area (Å²) in [6.07, 6.45) is 9.50. The zero-order valence-corrected chi connectivity index (χ0v) is 12.6. The SMILES string of the molecule is CCN(Cc1cc(CNC2CC2)no1)C1CCCCC1. The van der Waals surface area contributed by atoms with Crippen molar-refractivity contribution in [2.75, 3.05) is 6.54 Å². The van der Waals surface area contributed by atoms with E-state index in [0.717, 1.165) is 43.2 Å². The summed E-state index contributed by atoms with van der Waals surface area (Å²) >= 11 is 0. The molecule has 0 bridgehead atoms. The van der Waals surface area contributed by atoms with E-state index in [2.05, 4.69) is 28.4 Å². The van der Waals surface area contributed by atoms with E-state index in [0.29, 0.717) is 0 Å². The minimum absolute atomic E-state index is 0.726. The highest BCUT2D eigenvalue weighted by molar-refractivity contribution is 5.06. The number of hydrogen-bond acceptors (Lipinski definition) is 4. The third-order valence-electron chi connectivity index (χ3n) is 4.61. The highest BCUT2D eigenvalue weighted by Crippen LogP contribution is 2.24. The van der Waals surface area contributed by atoms with Crippen molar-refractivity contribution >= 4 is 0 Å². The maximum absolute atomic E-state index is 5.51. The minimum Gasteiger partial charge on any atom is -0.360 e. The monoisotopic (exact) mass is 277 g/mol. The molecule has 1 aromatic heterocycles. The molecule has 1 aromatic rings. The van der Waals surface area contributed by atoms with Gasteiger partial charge in [-0.15, -0.1) is 0 Å². The Morgan fingerprint density at radius 2 is 2.05 bits per heavy atom. The van der Waals surface area contributed by atoms with Crippen LogP contribution in [0.1, 0.15) is 63.3 Å². The summed E-state index contributed by atoms with van der Waals surface area (Å²) in [5.41, 5.74) is 1.05. The van der Waals surface area contributed by atoms with Crippen LogP contribution in [0, 0.1) is 0 Å². The fourth-order valence-electron chi connectivity index (χ4n) is 3.20. The van der Waals surface area contributed by atoms with Crippen molar-refractivity contribution in [1.82, 2.24) is 15.4 Å². The molecule has 0 spiro atoms. The molecule has 2 aliphatic carbocycles. The van der Waals surface area contributed by atoms with E-state index in [9.17, 15) is 0 Å². The Morgan fingerprint density at radius 3 is 2.75 bits per heavy atom. The average molecular weight is 277 g/mol. The molecule has 4 heteroatoms. The van der Waals surface area contributed by atoms with Gasteiger partial charge in [-0.2, -0.15) is 0 Å². The van der Waals surface area contributed by atoms with Crippen molar-refractivity contribution < 1.29 is 4.52 Å². The van der Waals surface area contributed by atoms with Crippen molar-refractivity contribution in [3.63, 3.8) is 0 Å². The maximum Gasteiger partial charge on any atom is 0.151 e. The van der Waals surface area contributed by atoms with Crippen LogP contribution in [0.4, 0.5) is 0 Å². The quantitative estimate of drug-likeness (QED) is 0.831. The molecule has 0 amide bonds. The molecular weight excluding hydrogens is 250 g/mol. The highest BCUT2D eigenvalue weighted by Gasteiger charge is 2.22. The molecule has 3 rings (SSSR count). The topological polar surface area (TPSA) is 41.3 Å². The van der Waals surface area contributed by atoms with Crippen LogP contribution < -0.4 is 5.32 Å². The predicted octanol–water partition coefficient (Wildman–Crippen LogP) is 3.08. The zero-order chi connectivity index (χ0) is 13.8. The normalized spacial score (nSPS) is 20.7. The van der Waals surface area contributed by atoms with Crippen LogP contribution in [0.2, 0.25) is 0 Å². The second-order valence-corrected chi connectivity index (χ2v) is 6.29. The lowest BCUT2D eigenvalue weighted by molar-refractivity contribution is 0.141. The van der Waals surface area contributed by atoms with E-state index < -0.39 is 0 Å². The number of hydrogen-bond donors (Lipinski definition) is 1. The number of aromatic nitrogens is 1. The molecule has 0 saturated heterocycles. The van der Waals surface area contributed by atoms with Crippen LogP contribution in [-0.2, 0) is 13.1 Å². The van der Waals surface area contributed by atoms with Crippen LogP contribution >= 0.6 is 0 Å². The Kier molecular flexibility index (Phi) is 4.73. The van der Waals surface area contributed by atoms with Crippen molar-refractivity contribution in [3.05, 3.63) is 17.5 Å². The van der Waals surface area contributed by atoms with E-state index in [4.69, 9.17) is 4.52 Å². The molecule has 0 atom stereocenters. The first-order valence-corrected chi connectivity index (χ1v) is 8.27. The Balaban J connectivity index is 1.51. The minimum atomic E-state index is 0.726. The van der Waals surface area contributed by atoms with Crippen molar-refractivity contribution in [2.24, 2.45) is 0 Å². The molecule has 0 aliphatic heterocycles. The van der Waals surface area contributed by atoms with Gasteiger partial charge >= 0.3 is 0 Å². The molecular formula is C16H27N3O. The molecule has 2 fully saturated rings. The van der Waals surface area contributed by atoms with E-state index in [-0.39, 0.29) is 0 Å². The summed E-state index contributed by atoms with van der Waals surface area (Å²) in [5.74, 6) is 1.02. The fourth-order valence-corrected chi connectivity index (χ4v) is 3.20.